The Bertz CT molecular complexity index is 2940. The Balaban J connectivity index is 1.49. The summed E-state index contributed by atoms with van der Waals surface area (Å²) in [6.45, 7) is 0. The fraction of sp³-hybridized carbons (Fsp3) is 0. The molecule has 0 aliphatic carbocycles. The Hall–Kier alpha value is -6.79. The van der Waals surface area contributed by atoms with Gasteiger partial charge < -0.3 is 4.57 Å². The molecule has 0 saturated carbocycles. The van der Waals surface area contributed by atoms with Crippen molar-refractivity contribution in [3.05, 3.63) is 174 Å². The molecule has 0 radical (unpaired) electrons. The summed E-state index contributed by atoms with van der Waals surface area (Å²) in [5.74, 6) is 0.542. The van der Waals surface area contributed by atoms with Gasteiger partial charge in [-0.25, -0.2) is 9.97 Å². The van der Waals surface area contributed by atoms with Gasteiger partial charge in [0.15, 0.2) is 0 Å². The van der Waals surface area contributed by atoms with Crippen molar-refractivity contribution in [1.29, 1.82) is 0 Å². The van der Waals surface area contributed by atoms with Crippen molar-refractivity contribution < 1.29 is 0 Å². The zero-order valence-electron chi connectivity index (χ0n) is 26.2. The Labute approximate surface area is 280 Å². The van der Waals surface area contributed by atoms with Gasteiger partial charge in [0.05, 0.1) is 33.3 Å². The molecule has 10 rings (SSSR count). The summed E-state index contributed by atoms with van der Waals surface area (Å²) in [7, 11) is 0. The molecule has 0 unspecified atom stereocenters. The maximum Gasteiger partial charge on any atom is 0.280 e. The van der Waals surface area contributed by atoms with Crippen molar-refractivity contribution in [1.82, 2.24) is 23.7 Å². The van der Waals surface area contributed by atoms with Crippen molar-refractivity contribution in [2.24, 2.45) is 0 Å². The minimum absolute atomic E-state index is 0.0962. The lowest BCUT2D eigenvalue weighted by Gasteiger charge is -2.14. The smallest absolute Gasteiger partial charge is 0.280 e. The minimum atomic E-state index is -0.0962. The number of benzene rings is 6. The van der Waals surface area contributed by atoms with E-state index in [1.165, 1.54) is 0 Å². The van der Waals surface area contributed by atoms with Gasteiger partial charge >= 0.3 is 0 Å². The number of fused-ring (bicyclic) bond motifs is 8. The predicted molar refractivity (Wildman–Crippen MR) is 199 cm³/mol. The number of nitrogens with zero attached hydrogens (tertiary/aromatic N) is 5. The van der Waals surface area contributed by atoms with Crippen molar-refractivity contribution >= 4 is 54.6 Å². The molecule has 0 spiro atoms. The number of rotatable bonds is 4. The number of aromatic nitrogens is 5. The molecule has 0 atom stereocenters. The van der Waals surface area contributed by atoms with E-state index in [2.05, 4.69) is 63.7 Å². The van der Waals surface area contributed by atoms with E-state index >= 15 is 4.79 Å². The molecular formula is C43H27N5O. The van der Waals surface area contributed by atoms with E-state index in [0.717, 1.165) is 71.8 Å². The molecule has 0 fully saturated rings. The highest BCUT2D eigenvalue weighted by Gasteiger charge is 2.27. The van der Waals surface area contributed by atoms with E-state index in [4.69, 9.17) is 9.97 Å². The third-order valence-corrected chi connectivity index (χ3v) is 9.46. The summed E-state index contributed by atoms with van der Waals surface area (Å²) < 4.78 is 6.13. The van der Waals surface area contributed by atoms with Crippen LogP contribution in [-0.4, -0.2) is 23.7 Å². The Morgan fingerprint density at radius 2 is 0.939 bits per heavy atom. The first-order chi connectivity index (χ1) is 24.3. The van der Waals surface area contributed by atoms with Gasteiger partial charge in [0.25, 0.3) is 5.56 Å². The maximum absolute atomic E-state index is 15.2. The second-order valence-corrected chi connectivity index (χ2v) is 12.2. The molecule has 10 aromatic rings. The van der Waals surface area contributed by atoms with Gasteiger partial charge in [0, 0.05) is 38.5 Å². The average Bonchev–Trinajstić information content (AvgIpc) is 3.69. The molecule has 0 N–H and O–H groups in total. The second-order valence-electron chi connectivity index (χ2n) is 12.2. The van der Waals surface area contributed by atoms with Crippen LogP contribution in [0, 0.1) is 0 Å². The van der Waals surface area contributed by atoms with Crippen molar-refractivity contribution in [3.8, 4) is 28.6 Å². The fourth-order valence-electron chi connectivity index (χ4n) is 7.43. The highest BCUT2D eigenvalue weighted by Crippen LogP contribution is 2.41. The number of hydrogen-bond acceptors (Lipinski definition) is 3. The van der Waals surface area contributed by atoms with E-state index in [9.17, 15) is 0 Å². The first-order valence-corrected chi connectivity index (χ1v) is 16.3. The molecule has 6 nitrogen and oxygen atoms in total. The largest absolute Gasteiger partial charge is 0.304 e. The SMILES string of the molecule is O=c1c2c(c3ccccc3n2-c2ccccc2)c2c(c3ccccc3n2-c2nc(-c3ccccc3)c3ccccc3n2)n1-c1ccccc1. The summed E-state index contributed by atoms with van der Waals surface area (Å²) in [6, 6.07) is 55.0. The topological polar surface area (TPSA) is 57.6 Å². The molecule has 4 aromatic heterocycles. The molecule has 0 aliphatic heterocycles. The molecule has 0 bridgehead atoms. The first-order valence-electron chi connectivity index (χ1n) is 16.3. The quantitative estimate of drug-likeness (QED) is 0.195. The lowest BCUT2D eigenvalue weighted by Crippen LogP contribution is -2.21. The van der Waals surface area contributed by atoms with E-state index < -0.39 is 0 Å². The van der Waals surface area contributed by atoms with Crippen LogP contribution in [0.2, 0.25) is 0 Å². The number of pyridine rings is 1. The molecular weight excluding hydrogens is 603 g/mol. The zero-order chi connectivity index (χ0) is 32.5. The van der Waals surface area contributed by atoms with Crippen molar-refractivity contribution in [2.45, 2.75) is 0 Å². The van der Waals surface area contributed by atoms with Gasteiger partial charge in [-0.1, -0.05) is 121 Å². The van der Waals surface area contributed by atoms with Gasteiger partial charge in [0.2, 0.25) is 5.95 Å². The van der Waals surface area contributed by atoms with Crippen LogP contribution >= 0.6 is 0 Å². The van der Waals surface area contributed by atoms with Crippen LogP contribution in [-0.2, 0) is 0 Å². The van der Waals surface area contributed by atoms with Gasteiger partial charge in [0.1, 0.15) is 5.52 Å². The van der Waals surface area contributed by atoms with Crippen LogP contribution in [0.5, 0.6) is 0 Å². The summed E-state index contributed by atoms with van der Waals surface area (Å²) >= 11 is 0. The van der Waals surface area contributed by atoms with E-state index in [0.29, 0.717) is 11.5 Å². The summed E-state index contributed by atoms with van der Waals surface area (Å²) in [4.78, 5) is 25.8. The van der Waals surface area contributed by atoms with Crippen molar-refractivity contribution in [3.63, 3.8) is 0 Å². The van der Waals surface area contributed by atoms with Crippen LogP contribution in [0.1, 0.15) is 0 Å². The standard InChI is InChI=1S/C43H27N5O/c49-42-41-37(32-23-11-14-26-35(32)46(41)29-18-6-2-7-19-29)40-39(47(42)30-20-8-3-9-21-30)33-24-12-15-27-36(33)48(40)43-44-34-25-13-10-22-31(34)38(45-43)28-16-4-1-5-17-28/h1-27H. The van der Waals surface area contributed by atoms with Crippen molar-refractivity contribution in [2.75, 3.05) is 0 Å². The predicted octanol–water partition coefficient (Wildman–Crippen LogP) is 9.64. The van der Waals surface area contributed by atoms with Crippen LogP contribution in [0.25, 0.3) is 83.2 Å². The molecule has 6 heteroatoms. The summed E-state index contributed by atoms with van der Waals surface area (Å²) in [5.41, 5.74) is 8.47. The number of hydrogen-bond donors (Lipinski definition) is 0. The van der Waals surface area contributed by atoms with Crippen LogP contribution in [0.3, 0.4) is 0 Å². The molecule has 230 valence electrons. The zero-order valence-corrected chi connectivity index (χ0v) is 26.2. The molecule has 49 heavy (non-hydrogen) atoms. The second kappa shape index (κ2) is 10.6. The van der Waals surface area contributed by atoms with E-state index in [1.54, 1.807) is 0 Å². The number of para-hydroxylation sites is 5. The monoisotopic (exact) mass is 629 g/mol. The van der Waals surface area contributed by atoms with Crippen LogP contribution < -0.4 is 5.56 Å². The van der Waals surface area contributed by atoms with E-state index in [1.807, 2.05) is 114 Å². The first kappa shape index (κ1) is 27.3. The van der Waals surface area contributed by atoms with Gasteiger partial charge in [-0.3, -0.25) is 13.9 Å². The lowest BCUT2D eigenvalue weighted by atomic mass is 10.1. The Morgan fingerprint density at radius 3 is 1.63 bits per heavy atom. The summed E-state index contributed by atoms with van der Waals surface area (Å²) in [5, 5.41) is 3.76. The Kier molecular flexibility index (Phi) is 5.92. The van der Waals surface area contributed by atoms with Crippen LogP contribution in [0.15, 0.2) is 169 Å². The highest BCUT2D eigenvalue weighted by atomic mass is 16.1. The lowest BCUT2D eigenvalue weighted by molar-refractivity contribution is 1.00. The summed E-state index contributed by atoms with van der Waals surface area (Å²) in [6.07, 6.45) is 0. The average molecular weight is 630 g/mol. The minimum Gasteiger partial charge on any atom is -0.304 e. The fourth-order valence-corrected chi connectivity index (χ4v) is 7.43. The van der Waals surface area contributed by atoms with Crippen LogP contribution in [0.4, 0.5) is 0 Å². The van der Waals surface area contributed by atoms with Gasteiger partial charge in [-0.15, -0.1) is 0 Å². The molecule has 0 amide bonds. The normalized spacial score (nSPS) is 11.8. The maximum atomic E-state index is 15.2. The van der Waals surface area contributed by atoms with Gasteiger partial charge in [-0.05, 0) is 42.5 Å². The molecule has 4 heterocycles. The Morgan fingerprint density at radius 1 is 0.408 bits per heavy atom. The van der Waals surface area contributed by atoms with E-state index in [-0.39, 0.29) is 5.56 Å². The third kappa shape index (κ3) is 3.98. The molecule has 6 aromatic carbocycles. The molecule has 0 aliphatic rings. The molecule has 0 saturated heterocycles. The van der Waals surface area contributed by atoms with Gasteiger partial charge in [-0.2, -0.15) is 0 Å². The third-order valence-electron chi connectivity index (χ3n) is 9.46. The highest BCUT2D eigenvalue weighted by molar-refractivity contribution is 6.25.